The molecule has 3 aromatic rings. The van der Waals surface area contributed by atoms with Gasteiger partial charge in [0.25, 0.3) is 5.91 Å². The van der Waals surface area contributed by atoms with Gasteiger partial charge in [0.05, 0.1) is 28.4 Å². The van der Waals surface area contributed by atoms with Gasteiger partial charge in [-0.05, 0) is 62.4 Å². The van der Waals surface area contributed by atoms with Gasteiger partial charge >= 0.3 is 6.18 Å². The number of alkyl halides is 3. The Bertz CT molecular complexity index is 1180. The van der Waals surface area contributed by atoms with Gasteiger partial charge in [0.15, 0.2) is 0 Å². The fourth-order valence-electron chi connectivity index (χ4n) is 4.09. The maximum Gasteiger partial charge on any atom is 0.417 e. The van der Waals surface area contributed by atoms with Gasteiger partial charge in [0.1, 0.15) is 5.82 Å². The zero-order chi connectivity index (χ0) is 23.0. The Balaban J connectivity index is 1.42. The van der Waals surface area contributed by atoms with Gasteiger partial charge in [-0.1, -0.05) is 17.7 Å². The number of hydrogen-bond donors (Lipinski definition) is 1. The van der Waals surface area contributed by atoms with Crippen molar-refractivity contribution >= 4 is 22.8 Å². The van der Waals surface area contributed by atoms with E-state index in [0.29, 0.717) is 37.4 Å². The first-order valence-electron chi connectivity index (χ1n) is 10.6. The highest BCUT2D eigenvalue weighted by Gasteiger charge is 2.37. The Morgan fingerprint density at radius 3 is 2.72 bits per heavy atom. The number of nitrogens with one attached hydrogen (secondary N) is 1. The molecular formula is C24H25F3N4O. The van der Waals surface area contributed by atoms with Gasteiger partial charge in [-0.3, -0.25) is 9.78 Å². The van der Waals surface area contributed by atoms with Crippen LogP contribution in [0.5, 0.6) is 0 Å². The predicted octanol–water partition coefficient (Wildman–Crippen LogP) is 5.15. The highest BCUT2D eigenvalue weighted by molar-refractivity contribution is 5.96. The van der Waals surface area contributed by atoms with Gasteiger partial charge < -0.3 is 10.2 Å². The fourth-order valence-corrected chi connectivity index (χ4v) is 4.09. The Morgan fingerprint density at radius 1 is 1.19 bits per heavy atom. The molecule has 0 radical (unpaired) electrons. The Morgan fingerprint density at radius 2 is 1.97 bits per heavy atom. The maximum atomic E-state index is 13.4. The number of carbonyl (C=O) groups is 1. The lowest BCUT2D eigenvalue weighted by Gasteiger charge is -2.20. The molecule has 168 valence electrons. The molecule has 1 aliphatic heterocycles. The van der Waals surface area contributed by atoms with Crippen LogP contribution >= 0.6 is 0 Å². The van der Waals surface area contributed by atoms with E-state index < -0.39 is 17.6 Å². The van der Waals surface area contributed by atoms with Crippen LogP contribution in [0, 0.1) is 26.7 Å². The minimum absolute atomic E-state index is 0.121. The summed E-state index contributed by atoms with van der Waals surface area (Å²) in [6.07, 6.45) is -2.16. The zero-order valence-corrected chi connectivity index (χ0v) is 18.3. The molecule has 1 fully saturated rings. The molecule has 5 nitrogen and oxygen atoms in total. The summed E-state index contributed by atoms with van der Waals surface area (Å²) in [5.74, 6) is 0.193. The summed E-state index contributed by atoms with van der Waals surface area (Å²) < 4.78 is 40.1. The van der Waals surface area contributed by atoms with Gasteiger partial charge in [0.2, 0.25) is 0 Å². The van der Waals surface area contributed by atoms with Crippen LogP contribution in [-0.2, 0) is 6.18 Å². The van der Waals surface area contributed by atoms with E-state index in [-0.39, 0.29) is 11.5 Å². The average molecular weight is 442 g/mol. The quantitative estimate of drug-likeness (QED) is 0.607. The number of likely N-dealkylation sites (tertiary alicyclic amines) is 1. The largest absolute Gasteiger partial charge is 0.417 e. The number of aryl methyl sites for hydroxylation is 3. The Hall–Kier alpha value is -3.16. The highest BCUT2D eigenvalue weighted by Crippen LogP contribution is 2.34. The predicted molar refractivity (Wildman–Crippen MR) is 118 cm³/mol. The molecule has 0 spiro atoms. The van der Waals surface area contributed by atoms with Crippen LogP contribution in [0.2, 0.25) is 0 Å². The number of rotatable bonds is 4. The van der Waals surface area contributed by atoms with E-state index >= 15 is 0 Å². The van der Waals surface area contributed by atoms with Crippen molar-refractivity contribution in [1.29, 1.82) is 0 Å². The number of halogens is 3. The zero-order valence-electron chi connectivity index (χ0n) is 18.3. The van der Waals surface area contributed by atoms with Crippen molar-refractivity contribution in [1.82, 2.24) is 14.9 Å². The SMILES string of the molecule is Cc1ccc(C(F)(F)F)c(C(=O)N2CCC(CNc3cnc4c(C)c(C)ccc4n3)C2)c1. The second-order valence-corrected chi connectivity index (χ2v) is 8.46. The van der Waals surface area contributed by atoms with Crippen molar-refractivity contribution in [3.8, 4) is 0 Å². The van der Waals surface area contributed by atoms with Crippen LogP contribution in [0.3, 0.4) is 0 Å². The van der Waals surface area contributed by atoms with Crippen molar-refractivity contribution < 1.29 is 18.0 Å². The van der Waals surface area contributed by atoms with Gasteiger partial charge in [-0.2, -0.15) is 13.2 Å². The number of hydrogen-bond acceptors (Lipinski definition) is 4. The minimum Gasteiger partial charge on any atom is -0.368 e. The maximum absolute atomic E-state index is 13.4. The third-order valence-electron chi connectivity index (χ3n) is 6.09. The summed E-state index contributed by atoms with van der Waals surface area (Å²) >= 11 is 0. The number of fused-ring (bicyclic) bond motifs is 1. The molecule has 0 bridgehead atoms. The number of anilines is 1. The molecule has 4 rings (SSSR count). The van der Waals surface area contributed by atoms with Crippen LogP contribution in [0.25, 0.3) is 11.0 Å². The molecule has 1 saturated heterocycles. The summed E-state index contributed by atoms with van der Waals surface area (Å²) in [7, 11) is 0. The first kappa shape index (κ1) is 22.0. The van der Waals surface area contributed by atoms with E-state index in [9.17, 15) is 18.0 Å². The number of nitrogens with zero attached hydrogens (tertiary/aromatic N) is 3. The van der Waals surface area contributed by atoms with Crippen LogP contribution in [0.4, 0.5) is 19.0 Å². The first-order chi connectivity index (χ1) is 15.1. The molecule has 0 saturated carbocycles. The molecule has 8 heteroatoms. The molecule has 1 unspecified atom stereocenters. The van der Waals surface area contributed by atoms with Crippen molar-refractivity contribution in [3.05, 3.63) is 64.3 Å². The van der Waals surface area contributed by atoms with Gasteiger partial charge in [0, 0.05) is 19.6 Å². The second-order valence-electron chi connectivity index (χ2n) is 8.46. The van der Waals surface area contributed by atoms with Crippen molar-refractivity contribution in [3.63, 3.8) is 0 Å². The standard InChI is InChI=1S/C24H25F3N4O/c1-14-4-6-19(24(25,26)27)18(10-14)23(32)31-9-8-17(13-31)11-28-21-12-29-22-16(3)15(2)5-7-20(22)30-21/h4-7,10,12,17H,8-9,11,13H2,1-3H3,(H,28,30). The van der Waals surface area contributed by atoms with Crippen molar-refractivity contribution in [2.75, 3.05) is 25.0 Å². The summed E-state index contributed by atoms with van der Waals surface area (Å²) in [4.78, 5) is 23.5. The van der Waals surface area contributed by atoms with E-state index in [2.05, 4.69) is 15.3 Å². The van der Waals surface area contributed by atoms with Crippen LogP contribution in [0.15, 0.2) is 36.5 Å². The molecule has 1 N–H and O–H groups in total. The van der Waals surface area contributed by atoms with Crippen LogP contribution < -0.4 is 5.32 Å². The van der Waals surface area contributed by atoms with E-state index in [1.54, 1.807) is 13.1 Å². The topological polar surface area (TPSA) is 58.1 Å². The number of carbonyl (C=O) groups excluding carboxylic acids is 1. The summed E-state index contributed by atoms with van der Waals surface area (Å²) in [5, 5.41) is 3.27. The van der Waals surface area contributed by atoms with E-state index in [4.69, 9.17) is 0 Å². The molecule has 32 heavy (non-hydrogen) atoms. The lowest BCUT2D eigenvalue weighted by Crippen LogP contribution is -2.31. The fraction of sp³-hybridized carbons (Fsp3) is 0.375. The first-order valence-corrected chi connectivity index (χ1v) is 10.6. The van der Waals surface area contributed by atoms with Gasteiger partial charge in [-0.15, -0.1) is 0 Å². The average Bonchev–Trinajstić information content (AvgIpc) is 3.22. The molecule has 1 aromatic heterocycles. The lowest BCUT2D eigenvalue weighted by molar-refractivity contribution is -0.138. The lowest BCUT2D eigenvalue weighted by atomic mass is 10.0. The summed E-state index contributed by atoms with van der Waals surface area (Å²) in [6, 6.07) is 7.64. The molecule has 1 amide bonds. The summed E-state index contributed by atoms with van der Waals surface area (Å²) in [6.45, 7) is 7.12. The molecule has 1 aliphatic rings. The minimum atomic E-state index is -4.56. The van der Waals surface area contributed by atoms with Crippen molar-refractivity contribution in [2.45, 2.75) is 33.4 Å². The normalized spacial score (nSPS) is 16.6. The molecule has 2 aromatic carbocycles. The molecular weight excluding hydrogens is 417 g/mol. The van der Waals surface area contributed by atoms with E-state index in [0.717, 1.165) is 28.2 Å². The molecule has 2 heterocycles. The van der Waals surface area contributed by atoms with Crippen LogP contribution in [-0.4, -0.2) is 40.4 Å². The Kier molecular flexibility index (Phi) is 5.79. The Labute approximate surface area is 184 Å². The number of aromatic nitrogens is 2. The molecule has 0 aliphatic carbocycles. The summed E-state index contributed by atoms with van der Waals surface area (Å²) in [5.41, 5.74) is 3.39. The third kappa shape index (κ3) is 4.40. The van der Waals surface area contributed by atoms with E-state index in [1.165, 1.54) is 17.0 Å². The van der Waals surface area contributed by atoms with Crippen LogP contribution in [0.1, 0.15) is 39.0 Å². The van der Waals surface area contributed by atoms with E-state index in [1.807, 2.05) is 26.0 Å². The number of benzene rings is 2. The monoisotopic (exact) mass is 442 g/mol. The molecule has 1 atom stereocenters. The highest BCUT2D eigenvalue weighted by atomic mass is 19.4. The second kappa shape index (κ2) is 8.41. The third-order valence-corrected chi connectivity index (χ3v) is 6.09. The van der Waals surface area contributed by atoms with Crippen molar-refractivity contribution in [2.24, 2.45) is 5.92 Å². The smallest absolute Gasteiger partial charge is 0.368 e. The number of amides is 1. The van der Waals surface area contributed by atoms with Gasteiger partial charge in [-0.25, -0.2) is 4.98 Å².